The van der Waals surface area contributed by atoms with Crippen LogP contribution in [0.5, 0.6) is 0 Å². The lowest BCUT2D eigenvalue weighted by Crippen LogP contribution is -2.48. The van der Waals surface area contributed by atoms with E-state index in [9.17, 15) is 18.9 Å². The average molecular weight is 529 g/mol. The number of amides is 3. The molecule has 9 nitrogen and oxygen atoms in total. The number of anilines is 1. The summed E-state index contributed by atoms with van der Waals surface area (Å²) in [7, 11) is 0. The van der Waals surface area contributed by atoms with E-state index in [-0.39, 0.29) is 40.9 Å². The zero-order chi connectivity index (χ0) is 24.1. The minimum atomic E-state index is -0.900. The molecule has 0 unspecified atom stereocenters. The van der Waals surface area contributed by atoms with Gasteiger partial charge in [-0.05, 0) is 49.4 Å². The highest BCUT2D eigenvalue weighted by Gasteiger charge is 2.57. The van der Waals surface area contributed by atoms with Crippen molar-refractivity contribution in [2.24, 2.45) is 11.7 Å². The van der Waals surface area contributed by atoms with E-state index >= 15 is 0 Å². The molecule has 3 heterocycles. The van der Waals surface area contributed by atoms with Gasteiger partial charge in [0.05, 0.1) is 17.4 Å². The number of nitrogens with zero attached hydrogens (tertiary/aromatic N) is 5. The first-order valence-corrected chi connectivity index (χ1v) is 11.8. The first kappa shape index (κ1) is 22.5. The molecule has 3 atom stereocenters. The molecule has 1 aliphatic carbocycles. The Morgan fingerprint density at radius 2 is 2.06 bits per heavy atom. The first-order valence-electron chi connectivity index (χ1n) is 11.0. The number of rotatable bonds is 6. The number of carbonyl (C=O) groups is 3. The van der Waals surface area contributed by atoms with Crippen LogP contribution in [-0.2, 0) is 22.6 Å². The monoisotopic (exact) mass is 528 g/mol. The fraction of sp³-hybridized carbons (Fsp3) is 0.348. The van der Waals surface area contributed by atoms with Gasteiger partial charge < -0.3 is 10.6 Å². The molecule has 1 aliphatic heterocycles. The standard InChI is InChI=1S/C23H22BrFN6O3/c1-2-14-9-16-19(10-27-14)29(28-21(16)22(26)33)11-20(32)30-17-6-12(17)7-18(30)23(34)31(25)15-5-3-4-13(24)8-15/h3-5,8-10,12,17-18H,2,6-7,11H2,1H3,(H2,26,33)/t12-,17-,18+/m1/s1. The maximum Gasteiger partial charge on any atom is 0.277 e. The fourth-order valence-corrected chi connectivity index (χ4v) is 5.10. The molecule has 2 N–H and O–H groups in total. The summed E-state index contributed by atoms with van der Waals surface area (Å²) in [5, 5.41) is 4.88. The van der Waals surface area contributed by atoms with Gasteiger partial charge >= 0.3 is 0 Å². The zero-order valence-corrected chi connectivity index (χ0v) is 19.9. The molecule has 11 heteroatoms. The van der Waals surface area contributed by atoms with Crippen LogP contribution in [-0.4, -0.2) is 49.5 Å². The van der Waals surface area contributed by atoms with Crippen LogP contribution in [0.25, 0.3) is 10.9 Å². The number of benzene rings is 1. The molecule has 1 saturated heterocycles. The third kappa shape index (κ3) is 3.83. The second-order valence-electron chi connectivity index (χ2n) is 8.63. The number of aryl methyl sites for hydroxylation is 1. The number of hydrogen-bond acceptors (Lipinski definition) is 5. The van der Waals surface area contributed by atoms with E-state index < -0.39 is 17.9 Å². The number of halogens is 2. The molecule has 176 valence electrons. The average Bonchev–Trinajstić information content (AvgIpc) is 3.33. The van der Waals surface area contributed by atoms with E-state index in [2.05, 4.69) is 26.0 Å². The Labute approximate surface area is 202 Å². The SMILES string of the molecule is CCc1cc2c(C(N)=O)nn(CC(=O)N3[C@@H]4C[C@@H]4C[C@H]3C(=O)N(F)c3cccc(Br)c3)c2cn1. The predicted molar refractivity (Wildman–Crippen MR) is 125 cm³/mol. The highest BCUT2D eigenvalue weighted by molar-refractivity contribution is 9.10. The number of aromatic nitrogens is 3. The van der Waals surface area contributed by atoms with Crippen molar-refractivity contribution >= 4 is 50.2 Å². The smallest absolute Gasteiger partial charge is 0.277 e. The second-order valence-corrected chi connectivity index (χ2v) is 9.55. The molecule has 2 aromatic heterocycles. The van der Waals surface area contributed by atoms with Crippen molar-refractivity contribution < 1.29 is 18.9 Å². The summed E-state index contributed by atoms with van der Waals surface area (Å²) in [6.07, 6.45) is 3.42. The quantitative estimate of drug-likeness (QED) is 0.494. The van der Waals surface area contributed by atoms with Gasteiger partial charge in [-0.2, -0.15) is 5.10 Å². The molecule has 0 spiro atoms. The van der Waals surface area contributed by atoms with Crippen molar-refractivity contribution in [2.45, 2.75) is 44.8 Å². The van der Waals surface area contributed by atoms with E-state index in [1.165, 1.54) is 21.7 Å². The Morgan fingerprint density at radius 1 is 1.26 bits per heavy atom. The number of carbonyl (C=O) groups excluding carboxylic acids is 3. The number of pyridine rings is 1. The Bertz CT molecular complexity index is 1330. The van der Waals surface area contributed by atoms with Crippen molar-refractivity contribution in [3.05, 3.63) is 52.4 Å². The van der Waals surface area contributed by atoms with Crippen molar-refractivity contribution in [2.75, 3.05) is 5.12 Å². The molecule has 1 aromatic carbocycles. The fourth-order valence-electron chi connectivity index (χ4n) is 4.71. The van der Waals surface area contributed by atoms with Crippen LogP contribution >= 0.6 is 15.9 Å². The third-order valence-corrected chi connectivity index (χ3v) is 6.97. The lowest BCUT2D eigenvalue weighted by Gasteiger charge is -2.28. The van der Waals surface area contributed by atoms with E-state index in [0.717, 1.165) is 12.1 Å². The van der Waals surface area contributed by atoms with Gasteiger partial charge in [-0.15, -0.1) is 5.12 Å². The van der Waals surface area contributed by atoms with Gasteiger partial charge in [0.25, 0.3) is 11.8 Å². The second kappa shape index (κ2) is 8.46. The van der Waals surface area contributed by atoms with Crippen LogP contribution in [0.15, 0.2) is 41.0 Å². The van der Waals surface area contributed by atoms with Crippen LogP contribution < -0.4 is 10.9 Å². The lowest BCUT2D eigenvalue weighted by molar-refractivity contribution is -0.140. The molecule has 1 saturated carbocycles. The van der Waals surface area contributed by atoms with Crippen molar-refractivity contribution in [3.8, 4) is 0 Å². The summed E-state index contributed by atoms with van der Waals surface area (Å²) in [6, 6.07) is 7.09. The van der Waals surface area contributed by atoms with Crippen LogP contribution in [0.4, 0.5) is 10.2 Å². The van der Waals surface area contributed by atoms with Gasteiger partial charge in [0.15, 0.2) is 5.69 Å². The first-order chi connectivity index (χ1) is 16.3. The van der Waals surface area contributed by atoms with Crippen molar-refractivity contribution in [1.82, 2.24) is 19.7 Å². The molecule has 2 aliphatic rings. The number of nitrogens with two attached hydrogens (primary N) is 1. The van der Waals surface area contributed by atoms with Crippen molar-refractivity contribution in [1.29, 1.82) is 0 Å². The van der Waals surface area contributed by atoms with E-state index in [4.69, 9.17) is 5.73 Å². The topological polar surface area (TPSA) is 114 Å². The Hall–Kier alpha value is -3.34. The van der Waals surface area contributed by atoms with Crippen LogP contribution in [0.2, 0.25) is 0 Å². The normalized spacial score (nSPS) is 20.9. The van der Waals surface area contributed by atoms with Gasteiger partial charge in [-0.1, -0.05) is 33.4 Å². The summed E-state index contributed by atoms with van der Waals surface area (Å²) in [4.78, 5) is 44.1. The summed E-state index contributed by atoms with van der Waals surface area (Å²) < 4.78 is 17.0. The molecule has 3 amide bonds. The number of likely N-dealkylation sites (tertiary alicyclic amines) is 1. The minimum absolute atomic E-state index is 0.0582. The van der Waals surface area contributed by atoms with E-state index in [1.54, 1.807) is 24.4 Å². The highest BCUT2D eigenvalue weighted by atomic mass is 79.9. The zero-order valence-electron chi connectivity index (χ0n) is 18.3. The number of piperidine rings is 1. The van der Waals surface area contributed by atoms with Gasteiger partial charge in [-0.25, -0.2) is 0 Å². The maximum absolute atomic E-state index is 15.0. The number of hydrogen-bond donors (Lipinski definition) is 1. The molecule has 0 bridgehead atoms. The molecule has 2 fully saturated rings. The Morgan fingerprint density at radius 3 is 2.76 bits per heavy atom. The molecule has 5 rings (SSSR count). The van der Waals surface area contributed by atoms with Gasteiger partial charge in [0, 0.05) is 21.6 Å². The molecule has 3 aromatic rings. The third-order valence-electron chi connectivity index (χ3n) is 6.48. The van der Waals surface area contributed by atoms with Gasteiger partial charge in [0.2, 0.25) is 5.91 Å². The van der Waals surface area contributed by atoms with E-state index in [0.29, 0.717) is 28.2 Å². The Kier molecular flexibility index (Phi) is 5.59. The minimum Gasteiger partial charge on any atom is -0.364 e. The van der Waals surface area contributed by atoms with Crippen LogP contribution in [0, 0.1) is 5.92 Å². The van der Waals surface area contributed by atoms with Crippen molar-refractivity contribution in [3.63, 3.8) is 0 Å². The molecule has 0 radical (unpaired) electrons. The van der Waals surface area contributed by atoms with Crippen LogP contribution in [0.3, 0.4) is 0 Å². The van der Waals surface area contributed by atoms with Gasteiger partial charge in [0.1, 0.15) is 12.6 Å². The Balaban J connectivity index is 1.41. The molecular weight excluding hydrogens is 507 g/mol. The van der Waals surface area contributed by atoms with Gasteiger partial charge in [-0.3, -0.25) is 24.0 Å². The maximum atomic E-state index is 15.0. The highest BCUT2D eigenvalue weighted by Crippen LogP contribution is 2.48. The number of fused-ring (bicyclic) bond motifs is 2. The van der Waals surface area contributed by atoms with Crippen LogP contribution in [0.1, 0.15) is 35.9 Å². The number of primary amides is 1. The predicted octanol–water partition coefficient (Wildman–Crippen LogP) is 2.76. The largest absolute Gasteiger partial charge is 0.364 e. The molecule has 34 heavy (non-hydrogen) atoms. The summed E-state index contributed by atoms with van der Waals surface area (Å²) in [6.45, 7) is 1.72. The summed E-state index contributed by atoms with van der Waals surface area (Å²) >= 11 is 3.28. The molecular formula is C23H22BrFN6O3. The lowest BCUT2D eigenvalue weighted by atomic mass is 10.1. The van der Waals surface area contributed by atoms with E-state index in [1.807, 2.05) is 6.92 Å². The summed E-state index contributed by atoms with van der Waals surface area (Å²) in [5.41, 5.74) is 6.91. The summed E-state index contributed by atoms with van der Waals surface area (Å²) in [5.74, 6) is -1.68.